The molecule has 3 aliphatic rings. The number of carbonyl (C=O) groups is 2. The van der Waals surface area contributed by atoms with Crippen molar-refractivity contribution in [3.05, 3.63) is 0 Å². The second-order valence-corrected chi connectivity index (χ2v) is 7.73. The molecule has 4 atom stereocenters. The zero-order chi connectivity index (χ0) is 15.6. The Labute approximate surface area is 125 Å². The van der Waals surface area contributed by atoms with Gasteiger partial charge in [-0.15, -0.1) is 0 Å². The number of fused-ring (bicyclic) bond motifs is 1. The number of nitrogens with zero attached hydrogens (tertiary/aromatic N) is 1. The molecule has 0 aromatic rings. The van der Waals surface area contributed by atoms with Crippen LogP contribution in [0.15, 0.2) is 0 Å². The summed E-state index contributed by atoms with van der Waals surface area (Å²) in [5, 5.41) is 9.98. The maximum atomic E-state index is 12.6. The van der Waals surface area contributed by atoms with Gasteiger partial charge in [-0.1, -0.05) is 27.7 Å². The standard InChI is InChI=1S/C16H25NO4/c1-9(2)11(18)8-13(19)17-14(20)21-12-7-10-5-6-16(12,17)15(10,3)4/h9-12,18H,5-8H2,1-4H3/t10-,11+,12-,16-/m1/s1. The van der Waals surface area contributed by atoms with E-state index in [2.05, 4.69) is 13.8 Å². The van der Waals surface area contributed by atoms with E-state index in [1.807, 2.05) is 13.8 Å². The van der Waals surface area contributed by atoms with Crippen LogP contribution in [0.25, 0.3) is 0 Å². The molecule has 1 saturated heterocycles. The average molecular weight is 295 g/mol. The number of imide groups is 1. The third kappa shape index (κ3) is 1.73. The molecule has 21 heavy (non-hydrogen) atoms. The second kappa shape index (κ2) is 4.45. The highest BCUT2D eigenvalue weighted by Gasteiger charge is 2.73. The molecule has 1 N–H and O–H groups in total. The predicted molar refractivity (Wildman–Crippen MR) is 76.4 cm³/mol. The summed E-state index contributed by atoms with van der Waals surface area (Å²) < 4.78 is 5.51. The van der Waals surface area contributed by atoms with Gasteiger partial charge in [-0.2, -0.15) is 0 Å². The number of rotatable bonds is 3. The van der Waals surface area contributed by atoms with Gasteiger partial charge in [0.05, 0.1) is 18.1 Å². The van der Waals surface area contributed by atoms with Crippen molar-refractivity contribution in [1.29, 1.82) is 0 Å². The van der Waals surface area contributed by atoms with E-state index in [0.29, 0.717) is 5.92 Å². The van der Waals surface area contributed by atoms with Crippen LogP contribution >= 0.6 is 0 Å². The molecule has 2 bridgehead atoms. The molecule has 2 saturated carbocycles. The van der Waals surface area contributed by atoms with Crippen LogP contribution in [0.1, 0.15) is 53.4 Å². The number of aliphatic hydroxyl groups excluding tert-OH is 1. The van der Waals surface area contributed by atoms with Crippen molar-refractivity contribution in [3.63, 3.8) is 0 Å². The highest BCUT2D eigenvalue weighted by molar-refractivity contribution is 5.95. The van der Waals surface area contributed by atoms with E-state index < -0.39 is 17.7 Å². The van der Waals surface area contributed by atoms with E-state index in [1.54, 1.807) is 0 Å². The van der Waals surface area contributed by atoms with Crippen LogP contribution in [0.4, 0.5) is 4.79 Å². The quantitative estimate of drug-likeness (QED) is 0.867. The average Bonchev–Trinajstić information content (AvgIpc) is 2.89. The lowest BCUT2D eigenvalue weighted by atomic mass is 9.74. The number of carbonyl (C=O) groups excluding carboxylic acids is 2. The molecule has 5 heteroatoms. The normalized spacial score (nSPS) is 37.8. The zero-order valence-corrected chi connectivity index (χ0v) is 13.3. The molecule has 2 amide bonds. The lowest BCUT2D eigenvalue weighted by molar-refractivity contribution is -0.137. The van der Waals surface area contributed by atoms with Gasteiger partial charge in [-0.3, -0.25) is 4.79 Å². The Kier molecular flexibility index (Phi) is 3.14. The fraction of sp³-hybridized carbons (Fsp3) is 0.875. The summed E-state index contributed by atoms with van der Waals surface area (Å²) in [6.45, 7) is 8.02. The van der Waals surface area contributed by atoms with Gasteiger partial charge in [0, 0.05) is 0 Å². The molecule has 3 fully saturated rings. The predicted octanol–water partition coefficient (Wildman–Crippen LogP) is 2.32. The summed E-state index contributed by atoms with van der Waals surface area (Å²) in [4.78, 5) is 26.3. The van der Waals surface area contributed by atoms with Crippen molar-refractivity contribution in [2.24, 2.45) is 17.3 Å². The monoisotopic (exact) mass is 295 g/mol. The third-order valence-corrected chi connectivity index (χ3v) is 6.27. The lowest BCUT2D eigenvalue weighted by Crippen LogP contribution is -2.57. The molecule has 5 nitrogen and oxygen atoms in total. The van der Waals surface area contributed by atoms with Crippen molar-refractivity contribution in [3.8, 4) is 0 Å². The van der Waals surface area contributed by atoms with Gasteiger partial charge in [-0.05, 0) is 36.5 Å². The zero-order valence-electron chi connectivity index (χ0n) is 13.3. The summed E-state index contributed by atoms with van der Waals surface area (Å²) in [6, 6.07) is 0. The Morgan fingerprint density at radius 2 is 2.14 bits per heavy atom. The Morgan fingerprint density at radius 1 is 1.48 bits per heavy atom. The van der Waals surface area contributed by atoms with Crippen molar-refractivity contribution >= 4 is 12.0 Å². The van der Waals surface area contributed by atoms with Gasteiger partial charge in [0.2, 0.25) is 5.91 Å². The van der Waals surface area contributed by atoms with E-state index >= 15 is 0 Å². The van der Waals surface area contributed by atoms with Crippen LogP contribution in [-0.2, 0) is 9.53 Å². The van der Waals surface area contributed by atoms with E-state index in [-0.39, 0.29) is 29.8 Å². The summed E-state index contributed by atoms with van der Waals surface area (Å²) in [5.41, 5.74) is -0.606. The molecule has 0 aromatic heterocycles. The smallest absolute Gasteiger partial charge is 0.417 e. The molecular formula is C16H25NO4. The van der Waals surface area contributed by atoms with Crippen LogP contribution in [0.3, 0.4) is 0 Å². The van der Waals surface area contributed by atoms with Crippen LogP contribution in [0, 0.1) is 17.3 Å². The summed E-state index contributed by atoms with van der Waals surface area (Å²) in [7, 11) is 0. The Morgan fingerprint density at radius 3 is 2.71 bits per heavy atom. The lowest BCUT2D eigenvalue weighted by Gasteiger charge is -2.41. The van der Waals surface area contributed by atoms with Crippen LogP contribution in [0.5, 0.6) is 0 Å². The molecule has 0 radical (unpaired) electrons. The maximum absolute atomic E-state index is 12.6. The molecule has 0 aromatic carbocycles. The Hall–Kier alpha value is -1.10. The minimum Gasteiger partial charge on any atom is -0.443 e. The van der Waals surface area contributed by atoms with Crippen molar-refractivity contribution in [2.45, 2.75) is 71.1 Å². The fourth-order valence-corrected chi connectivity index (χ4v) is 4.73. The highest BCUT2D eigenvalue weighted by atomic mass is 16.6. The number of hydrogen-bond acceptors (Lipinski definition) is 4. The van der Waals surface area contributed by atoms with E-state index in [9.17, 15) is 14.7 Å². The molecule has 0 unspecified atom stereocenters. The summed E-state index contributed by atoms with van der Waals surface area (Å²) >= 11 is 0. The van der Waals surface area contributed by atoms with Gasteiger partial charge >= 0.3 is 6.09 Å². The minimum absolute atomic E-state index is 0.00575. The van der Waals surface area contributed by atoms with E-state index in [1.165, 1.54) is 4.90 Å². The van der Waals surface area contributed by atoms with Crippen LogP contribution in [0.2, 0.25) is 0 Å². The molecular weight excluding hydrogens is 270 g/mol. The Balaban J connectivity index is 1.91. The first-order valence-corrected chi connectivity index (χ1v) is 7.93. The summed E-state index contributed by atoms with van der Waals surface area (Å²) in [5.74, 6) is 0.203. The first-order chi connectivity index (χ1) is 9.71. The van der Waals surface area contributed by atoms with Crippen LogP contribution in [-0.4, -0.2) is 39.8 Å². The second-order valence-electron chi connectivity index (χ2n) is 7.73. The van der Waals surface area contributed by atoms with Gasteiger partial charge in [0.15, 0.2) is 0 Å². The SMILES string of the molecule is CC(C)[C@@H](O)CC(=O)N1C(=O)O[C@@H]2C[C@H]3CC[C@]21C3(C)C. The van der Waals surface area contributed by atoms with Crippen molar-refractivity contribution < 1.29 is 19.4 Å². The minimum atomic E-state index is -0.720. The first-order valence-electron chi connectivity index (χ1n) is 7.93. The largest absolute Gasteiger partial charge is 0.443 e. The molecule has 2 aliphatic carbocycles. The number of aliphatic hydroxyl groups is 1. The van der Waals surface area contributed by atoms with Gasteiger partial charge < -0.3 is 9.84 Å². The van der Waals surface area contributed by atoms with Crippen LogP contribution < -0.4 is 0 Å². The maximum Gasteiger partial charge on any atom is 0.417 e. The molecule has 3 rings (SSSR count). The molecule has 1 aliphatic heterocycles. The first kappa shape index (κ1) is 14.8. The topological polar surface area (TPSA) is 66.8 Å². The third-order valence-electron chi connectivity index (χ3n) is 6.27. The van der Waals surface area contributed by atoms with Gasteiger partial charge in [0.1, 0.15) is 6.10 Å². The number of hydrogen-bond donors (Lipinski definition) is 1. The van der Waals surface area contributed by atoms with Gasteiger partial charge in [-0.25, -0.2) is 9.69 Å². The van der Waals surface area contributed by atoms with Gasteiger partial charge in [0.25, 0.3) is 0 Å². The van der Waals surface area contributed by atoms with Crippen molar-refractivity contribution in [2.75, 3.05) is 0 Å². The van der Waals surface area contributed by atoms with E-state index in [4.69, 9.17) is 4.74 Å². The molecule has 118 valence electrons. The van der Waals surface area contributed by atoms with Crippen molar-refractivity contribution in [1.82, 2.24) is 4.90 Å². The number of amides is 2. The number of ether oxygens (including phenoxy) is 1. The summed E-state index contributed by atoms with van der Waals surface area (Å²) in [6.07, 6.45) is 1.30. The molecule has 1 spiro atoms. The highest BCUT2D eigenvalue weighted by Crippen LogP contribution is 2.65. The fourth-order valence-electron chi connectivity index (χ4n) is 4.73. The molecule has 1 heterocycles. The van der Waals surface area contributed by atoms with E-state index in [0.717, 1.165) is 19.3 Å². The Bertz CT molecular complexity index is 487.